The lowest BCUT2D eigenvalue weighted by molar-refractivity contribution is -0.0135. The molecule has 4 fully saturated rings. The molecule has 3 N–H and O–H groups in total. The van der Waals surface area contributed by atoms with Gasteiger partial charge in [0, 0.05) is 5.54 Å². The molecule has 4 bridgehead atoms. The number of ether oxygens (including phenoxy) is 1. The zero-order chi connectivity index (χ0) is 18.3. The van der Waals surface area contributed by atoms with E-state index in [2.05, 4.69) is 15.8 Å². The number of phenolic OH excluding ortho intramolecular Hbond substituents is 1. The van der Waals surface area contributed by atoms with E-state index in [1.807, 2.05) is 0 Å². The van der Waals surface area contributed by atoms with Crippen molar-refractivity contribution in [3.05, 3.63) is 22.7 Å². The molecule has 0 heterocycles. The minimum absolute atomic E-state index is 0.0422. The van der Waals surface area contributed by atoms with E-state index in [0.29, 0.717) is 5.56 Å². The zero-order valence-corrected chi connectivity index (χ0v) is 15.6. The second-order valence-corrected chi connectivity index (χ2v) is 8.48. The van der Waals surface area contributed by atoms with E-state index in [-0.39, 0.29) is 28.1 Å². The number of carbonyl (C=O) groups excluding carboxylic acids is 1. The molecule has 0 aromatic heterocycles. The van der Waals surface area contributed by atoms with Crippen molar-refractivity contribution in [3.8, 4) is 11.5 Å². The maximum Gasteiger partial charge on any atom is 0.335 e. The lowest BCUT2D eigenvalue weighted by Crippen LogP contribution is -2.61. The summed E-state index contributed by atoms with van der Waals surface area (Å²) in [5.41, 5.74) is 3.13. The van der Waals surface area contributed by atoms with Gasteiger partial charge in [-0.05, 0) is 74.0 Å². The first-order valence-electron chi connectivity index (χ1n) is 9.14. The van der Waals surface area contributed by atoms with E-state index in [1.54, 1.807) is 12.1 Å². The molecule has 0 atom stereocenters. The molecule has 1 aromatic rings. The van der Waals surface area contributed by atoms with Crippen molar-refractivity contribution < 1.29 is 14.6 Å². The highest BCUT2D eigenvalue weighted by atomic mass is 35.5. The van der Waals surface area contributed by atoms with Crippen LogP contribution in [0.2, 0.25) is 5.02 Å². The van der Waals surface area contributed by atoms with Gasteiger partial charge in [0.2, 0.25) is 0 Å². The summed E-state index contributed by atoms with van der Waals surface area (Å²) in [4.78, 5) is 12.3. The minimum Gasteiger partial charge on any atom is -0.503 e. The fourth-order valence-corrected chi connectivity index (χ4v) is 5.74. The Morgan fingerprint density at radius 1 is 1.27 bits per heavy atom. The molecule has 1 aromatic carbocycles. The zero-order valence-electron chi connectivity index (χ0n) is 14.8. The smallest absolute Gasteiger partial charge is 0.335 e. The monoisotopic (exact) mass is 377 g/mol. The van der Waals surface area contributed by atoms with Crippen LogP contribution >= 0.6 is 11.6 Å². The van der Waals surface area contributed by atoms with Gasteiger partial charge in [-0.3, -0.25) is 0 Å². The molecule has 4 aliphatic rings. The van der Waals surface area contributed by atoms with Crippen LogP contribution in [-0.4, -0.2) is 30.0 Å². The van der Waals surface area contributed by atoms with Gasteiger partial charge in [0.1, 0.15) is 0 Å². The molecule has 0 aliphatic heterocycles. The summed E-state index contributed by atoms with van der Waals surface area (Å²) in [5.74, 6) is 2.47. The number of methoxy groups -OCH3 is 1. The molecule has 0 spiro atoms. The Balaban J connectivity index is 1.37. The van der Waals surface area contributed by atoms with Gasteiger partial charge in [0.05, 0.1) is 18.3 Å². The number of amides is 2. The van der Waals surface area contributed by atoms with E-state index in [9.17, 15) is 9.90 Å². The molecule has 0 radical (unpaired) electrons. The molecule has 7 heteroatoms. The quantitative estimate of drug-likeness (QED) is 0.553. The number of nitrogens with one attached hydrogen (secondary N) is 2. The van der Waals surface area contributed by atoms with Crippen molar-refractivity contribution >= 4 is 23.8 Å². The van der Waals surface area contributed by atoms with Crippen LogP contribution in [0.4, 0.5) is 4.79 Å². The molecule has 0 saturated heterocycles. The molecule has 6 nitrogen and oxygen atoms in total. The average Bonchev–Trinajstić information content (AvgIpc) is 2.56. The molecule has 26 heavy (non-hydrogen) atoms. The Labute approximate surface area is 157 Å². The summed E-state index contributed by atoms with van der Waals surface area (Å²) in [5, 5.41) is 17.1. The number of rotatable bonds is 4. The molecule has 4 aliphatic carbocycles. The Morgan fingerprint density at radius 3 is 2.46 bits per heavy atom. The van der Waals surface area contributed by atoms with Crippen LogP contribution < -0.4 is 15.5 Å². The number of phenols is 1. The van der Waals surface area contributed by atoms with Gasteiger partial charge < -0.3 is 15.2 Å². The highest BCUT2D eigenvalue weighted by Crippen LogP contribution is 2.55. The largest absolute Gasteiger partial charge is 0.503 e. The third-order valence-electron chi connectivity index (χ3n) is 6.07. The molecule has 140 valence electrons. The standard InChI is InChI=1S/C19H24ClN3O3/c1-26-16-6-14(5-15(20)17(16)24)10-21-23-18(25)22-19-7-11-2-12(8-19)4-13(3-11)9-19/h5-6,10-13,24H,2-4,7-9H2,1H3,(H2,22,23,25)/b21-10-. The molecule has 2 amide bonds. The average molecular weight is 378 g/mol. The van der Waals surface area contributed by atoms with Gasteiger partial charge in [0.25, 0.3) is 0 Å². The predicted molar refractivity (Wildman–Crippen MR) is 99.8 cm³/mol. The molecule has 4 saturated carbocycles. The van der Waals surface area contributed by atoms with Crippen LogP contribution in [0, 0.1) is 17.8 Å². The predicted octanol–water partition coefficient (Wildman–Crippen LogP) is 3.66. The number of aromatic hydroxyl groups is 1. The van der Waals surface area contributed by atoms with Crippen molar-refractivity contribution in [2.75, 3.05) is 7.11 Å². The Morgan fingerprint density at radius 2 is 1.88 bits per heavy atom. The van der Waals surface area contributed by atoms with Crippen molar-refractivity contribution in [1.82, 2.24) is 10.7 Å². The van der Waals surface area contributed by atoms with Crippen LogP contribution in [0.1, 0.15) is 44.1 Å². The summed E-state index contributed by atoms with van der Waals surface area (Å²) in [6, 6.07) is 2.89. The fraction of sp³-hybridized carbons (Fsp3) is 0.579. The number of benzene rings is 1. The SMILES string of the molecule is COc1cc(/C=N\NC(=O)NC23CC4CC(CC(C4)C2)C3)cc(Cl)c1O. The first kappa shape index (κ1) is 17.5. The summed E-state index contributed by atoms with van der Waals surface area (Å²) in [6.07, 6.45) is 8.79. The number of carbonyl (C=O) groups is 1. The third kappa shape index (κ3) is 3.34. The topological polar surface area (TPSA) is 83.0 Å². The highest BCUT2D eigenvalue weighted by molar-refractivity contribution is 6.32. The number of hydrogen-bond donors (Lipinski definition) is 3. The van der Waals surface area contributed by atoms with Crippen molar-refractivity contribution in [2.45, 2.75) is 44.1 Å². The normalized spacial score (nSPS) is 32.0. The van der Waals surface area contributed by atoms with Gasteiger partial charge in [-0.1, -0.05) is 11.6 Å². The van der Waals surface area contributed by atoms with Gasteiger partial charge >= 0.3 is 6.03 Å². The second-order valence-electron chi connectivity index (χ2n) is 8.08. The fourth-order valence-electron chi connectivity index (χ4n) is 5.52. The van der Waals surface area contributed by atoms with Gasteiger partial charge in [-0.25, -0.2) is 10.2 Å². The minimum atomic E-state index is -0.264. The number of hydrazone groups is 1. The van der Waals surface area contributed by atoms with Gasteiger partial charge in [-0.2, -0.15) is 5.10 Å². The van der Waals surface area contributed by atoms with E-state index in [0.717, 1.165) is 37.0 Å². The van der Waals surface area contributed by atoms with Crippen LogP contribution in [0.5, 0.6) is 11.5 Å². The van der Waals surface area contributed by atoms with E-state index >= 15 is 0 Å². The summed E-state index contributed by atoms with van der Waals surface area (Å²) < 4.78 is 5.06. The van der Waals surface area contributed by atoms with Crippen LogP contribution in [-0.2, 0) is 0 Å². The van der Waals surface area contributed by atoms with Crippen LogP contribution in [0.15, 0.2) is 17.2 Å². The lowest BCUT2D eigenvalue weighted by Gasteiger charge is -2.56. The maximum atomic E-state index is 12.3. The molecule has 0 unspecified atom stereocenters. The third-order valence-corrected chi connectivity index (χ3v) is 6.36. The maximum absolute atomic E-state index is 12.3. The first-order chi connectivity index (χ1) is 12.5. The summed E-state index contributed by atoms with van der Waals surface area (Å²) in [7, 11) is 1.45. The Hall–Kier alpha value is -1.95. The first-order valence-corrected chi connectivity index (χ1v) is 9.52. The Kier molecular flexibility index (Phi) is 4.47. The van der Waals surface area contributed by atoms with Crippen molar-refractivity contribution in [3.63, 3.8) is 0 Å². The number of halogens is 1. The number of urea groups is 1. The summed E-state index contributed by atoms with van der Waals surface area (Å²) >= 11 is 5.95. The van der Waals surface area contributed by atoms with E-state index in [1.165, 1.54) is 32.6 Å². The molecular weight excluding hydrogens is 354 g/mol. The van der Waals surface area contributed by atoms with Crippen molar-refractivity contribution in [2.24, 2.45) is 22.9 Å². The van der Waals surface area contributed by atoms with E-state index < -0.39 is 0 Å². The van der Waals surface area contributed by atoms with Crippen molar-refractivity contribution in [1.29, 1.82) is 0 Å². The summed E-state index contributed by atoms with van der Waals surface area (Å²) in [6.45, 7) is 0. The number of nitrogens with zero attached hydrogens (tertiary/aromatic N) is 1. The van der Waals surface area contributed by atoms with Gasteiger partial charge in [0.15, 0.2) is 11.5 Å². The lowest BCUT2D eigenvalue weighted by atomic mass is 9.53. The second kappa shape index (κ2) is 6.65. The molecule has 5 rings (SSSR count). The van der Waals surface area contributed by atoms with Crippen LogP contribution in [0.25, 0.3) is 0 Å². The molecular formula is C19H24ClN3O3. The Bertz CT molecular complexity index is 715. The highest BCUT2D eigenvalue weighted by Gasteiger charge is 2.51. The number of hydrogen-bond acceptors (Lipinski definition) is 4. The van der Waals surface area contributed by atoms with E-state index in [4.69, 9.17) is 16.3 Å². The van der Waals surface area contributed by atoms with Gasteiger partial charge in [-0.15, -0.1) is 0 Å². The van der Waals surface area contributed by atoms with Crippen LogP contribution in [0.3, 0.4) is 0 Å².